The first-order valence-electron chi connectivity index (χ1n) is 15.0. The van der Waals surface area contributed by atoms with Gasteiger partial charge >= 0.3 is 0 Å². The molecule has 0 spiro atoms. The molecule has 47 heavy (non-hydrogen) atoms. The summed E-state index contributed by atoms with van der Waals surface area (Å²) < 4.78 is 39.1. The van der Waals surface area contributed by atoms with E-state index < -0.39 is 57.8 Å². The monoisotopic (exact) mass is 602 g/mol. The van der Waals surface area contributed by atoms with Gasteiger partial charge in [0.25, 0.3) is 0 Å². The van der Waals surface area contributed by atoms with Crippen molar-refractivity contribution >= 4 is 55.4 Å². The molecule has 3 aromatic heterocycles. The Morgan fingerprint density at radius 3 is 1.94 bits per heavy atom. The number of pyridine rings is 2. The third-order valence-electron chi connectivity index (χ3n) is 7.06. The first-order valence-corrected chi connectivity index (χ1v) is 13.0. The van der Waals surface area contributed by atoms with Crippen LogP contribution in [0.15, 0.2) is 65.2 Å². The van der Waals surface area contributed by atoms with Gasteiger partial charge in [0.2, 0.25) is 5.70 Å². The van der Waals surface area contributed by atoms with Gasteiger partial charge in [-0.3, -0.25) is 4.98 Å². The number of nitriles is 5. The highest BCUT2D eigenvalue weighted by molar-refractivity contribution is 6.21. The van der Waals surface area contributed by atoms with Gasteiger partial charge in [0.15, 0.2) is 17.0 Å². The summed E-state index contributed by atoms with van der Waals surface area (Å²) in [5, 5.41) is 50.8. The van der Waals surface area contributed by atoms with E-state index in [9.17, 15) is 26.3 Å². The van der Waals surface area contributed by atoms with E-state index in [4.69, 9.17) is 29.6 Å². The van der Waals surface area contributed by atoms with Crippen molar-refractivity contribution < 1.29 is 9.90 Å². The van der Waals surface area contributed by atoms with Gasteiger partial charge in [0.05, 0.1) is 88.7 Å². The fraction of sp³-hybridized carbons (Fsp3) is 0. The number of furan rings is 1. The minimum absolute atomic E-state index is 0.00339. The van der Waals surface area contributed by atoms with Gasteiger partial charge in [0.1, 0.15) is 11.6 Å². The van der Waals surface area contributed by atoms with Crippen molar-refractivity contribution in [2.75, 3.05) is 0 Å². The number of rotatable bonds is 2. The van der Waals surface area contributed by atoms with Crippen LogP contribution in [0.2, 0.25) is 0 Å². The molecule has 210 valence electrons. The molecule has 0 saturated carbocycles. The maximum absolute atomic E-state index is 10.3. The molecule has 0 radical (unpaired) electrons. The number of hydrogen-bond donors (Lipinski definition) is 0. The molecule has 3 heterocycles. The predicted octanol–water partition coefficient (Wildman–Crippen LogP) is 5.92. The summed E-state index contributed by atoms with van der Waals surface area (Å²) in [4.78, 5) is 19.3. The summed E-state index contributed by atoms with van der Waals surface area (Å²) in [5.41, 5.74) is -3.15. The van der Waals surface area contributed by atoms with Crippen LogP contribution in [0, 0.1) is 76.4 Å². The lowest BCUT2D eigenvalue weighted by molar-refractivity contribution is 0.618. The van der Waals surface area contributed by atoms with E-state index in [1.54, 1.807) is 42.5 Å². The number of aromatic nitrogens is 2. The number of nitrogens with zero attached hydrogens (tertiary/aromatic N) is 10. The Morgan fingerprint density at radius 2 is 1.34 bits per heavy atom. The van der Waals surface area contributed by atoms with Crippen LogP contribution in [0.3, 0.4) is 0 Å². The van der Waals surface area contributed by atoms with Gasteiger partial charge in [-0.25, -0.2) is 19.5 Å². The fourth-order valence-electron chi connectivity index (χ4n) is 5.13. The van der Waals surface area contributed by atoms with Crippen LogP contribution in [0.1, 0.15) is 38.9 Å². The molecule has 0 bridgehead atoms. The van der Waals surface area contributed by atoms with Crippen molar-refractivity contribution in [3.05, 3.63) is 139 Å². The Kier molecular flexibility index (Phi) is 5.86. The van der Waals surface area contributed by atoms with Crippen LogP contribution < -0.4 is 10.7 Å². The van der Waals surface area contributed by atoms with E-state index in [0.717, 1.165) is 0 Å². The molecule has 0 aliphatic heterocycles. The van der Waals surface area contributed by atoms with Crippen LogP contribution in [-0.2, 0) is 0 Å². The molecule has 0 unspecified atom stereocenters. The zero-order valence-corrected chi connectivity index (χ0v) is 23.3. The molecule has 11 nitrogen and oxygen atoms in total. The molecule has 6 aromatic rings. The van der Waals surface area contributed by atoms with E-state index in [2.05, 4.69) is 24.5 Å². The normalized spacial score (nSPS) is 12.7. The summed E-state index contributed by atoms with van der Waals surface area (Å²) in [6.07, 6.45) is 1.36. The summed E-state index contributed by atoms with van der Waals surface area (Å²) >= 11 is 0. The van der Waals surface area contributed by atoms with E-state index in [1.807, 2.05) is 6.07 Å². The lowest BCUT2D eigenvalue weighted by atomic mass is 9.94. The van der Waals surface area contributed by atoms with Crippen LogP contribution in [0.4, 0.5) is 11.4 Å². The quantitative estimate of drug-likeness (QED) is 0.174. The van der Waals surface area contributed by atoms with Crippen molar-refractivity contribution in [2.24, 2.45) is 0 Å². The van der Waals surface area contributed by atoms with Crippen molar-refractivity contribution in [2.45, 2.75) is 0 Å². The fourth-order valence-corrected chi connectivity index (χ4v) is 5.13. The average Bonchev–Trinajstić information content (AvgIpc) is 3.64. The molecule has 0 fully saturated rings. The second-order valence-electron chi connectivity index (χ2n) is 9.41. The predicted molar refractivity (Wildman–Crippen MR) is 168 cm³/mol. The maximum Gasteiger partial charge on any atom is 0.210 e. The molecular weight excluding hydrogens is 588 g/mol. The van der Waals surface area contributed by atoms with Crippen LogP contribution in [0.5, 0.6) is 0 Å². The van der Waals surface area contributed by atoms with E-state index in [-0.39, 0.29) is 44.2 Å². The minimum Gasteiger partial charge on any atom is -0.462 e. The van der Waals surface area contributed by atoms with Crippen LogP contribution in [0.25, 0.3) is 58.6 Å². The molecule has 0 atom stereocenters. The molecular formula is C36H10N10O. The summed E-state index contributed by atoms with van der Waals surface area (Å²) in [6, 6.07) is 14.3. The molecule has 0 N–H and O–H groups in total. The number of hydrogen-bond acceptors (Lipinski definition) is 8. The van der Waals surface area contributed by atoms with Crippen LogP contribution in [-0.4, -0.2) is 9.97 Å². The minimum atomic E-state index is -0.593. The molecule has 0 aliphatic carbocycles. The van der Waals surface area contributed by atoms with E-state index in [1.165, 1.54) is 18.4 Å². The Labute approximate surface area is 270 Å². The topological polar surface area (TPSA) is 171 Å². The zero-order valence-electron chi connectivity index (χ0n) is 27.3. The van der Waals surface area contributed by atoms with Gasteiger partial charge in [-0.1, -0.05) is 6.07 Å². The highest BCUT2D eigenvalue weighted by atomic mass is 16.3. The third kappa shape index (κ3) is 4.46. The molecule has 0 aliphatic rings. The molecule has 3 aromatic carbocycles. The first-order chi connectivity index (χ1) is 24.6. The lowest BCUT2D eigenvalue weighted by Gasteiger charge is -2.09. The lowest BCUT2D eigenvalue weighted by Crippen LogP contribution is -2.14. The Balaban J connectivity index is 1.74. The van der Waals surface area contributed by atoms with Crippen LogP contribution >= 0.6 is 0 Å². The van der Waals surface area contributed by atoms with E-state index >= 15 is 0 Å². The summed E-state index contributed by atoms with van der Waals surface area (Å²) in [6.45, 7) is 23.0. The summed E-state index contributed by atoms with van der Waals surface area (Å²) in [7, 11) is 0. The zero-order chi connectivity index (χ0) is 36.7. The Hall–Kier alpha value is -8.32. The average molecular weight is 603 g/mol. The largest absolute Gasteiger partial charge is 0.462 e. The second-order valence-corrected chi connectivity index (χ2v) is 9.41. The van der Waals surface area contributed by atoms with Crippen molar-refractivity contribution in [1.82, 2.24) is 9.97 Å². The van der Waals surface area contributed by atoms with Crippen molar-refractivity contribution in [3.8, 4) is 30.3 Å². The van der Waals surface area contributed by atoms with Gasteiger partial charge in [-0.2, -0.15) is 26.3 Å². The molecule has 11 heteroatoms. The number of fused-ring (bicyclic) bond motifs is 6. The standard InChI is InChI=1S/C36H10N10O/c1-42-23-12-21(16-39)31(22(13-23)17-40)27(18-41)28-6-4-24-25-5-7-29(46-34(25)36-26(8-9-47-36)33(24)45-28)35(44-3)32-20(15-38)10-19(14-37)11-30(32)43-2/h4-13H/b28-27-,35-29-/i10D,11D,12D,13D. The van der Waals surface area contributed by atoms with Crippen molar-refractivity contribution in [1.29, 1.82) is 26.3 Å². The van der Waals surface area contributed by atoms with Gasteiger partial charge in [-0.15, -0.1) is 0 Å². The third-order valence-corrected chi connectivity index (χ3v) is 7.06. The maximum atomic E-state index is 10.3. The van der Waals surface area contributed by atoms with Gasteiger partial charge in [-0.05, 0) is 48.4 Å². The van der Waals surface area contributed by atoms with Gasteiger partial charge < -0.3 is 4.42 Å². The highest BCUT2D eigenvalue weighted by Gasteiger charge is 2.20. The highest BCUT2D eigenvalue weighted by Crippen LogP contribution is 2.34. The first kappa shape index (κ1) is 24.2. The second kappa shape index (κ2) is 11.4. The summed E-state index contributed by atoms with van der Waals surface area (Å²) in [5.74, 6) is 0. The van der Waals surface area contributed by atoms with Crippen molar-refractivity contribution in [3.63, 3.8) is 0 Å². The molecule has 0 saturated heterocycles. The van der Waals surface area contributed by atoms with E-state index in [0.29, 0.717) is 21.7 Å². The SMILES string of the molecule is [2H]c1c(C#N)c([2H])c([N+]#[C-])c(/C([N+]#[C-])=c2\ccc3c4cc/c(=C(\C#N)c5c(C#N)c([2H])c([N+]#[C-])c([2H])c5C#N)nc4c4ccoc4c3n2)c1C#N. The molecule has 6 rings (SSSR count). The smallest absolute Gasteiger partial charge is 0.210 e. The Morgan fingerprint density at radius 1 is 0.702 bits per heavy atom. The number of benzene rings is 3. The Bertz CT molecular complexity index is 2840. The van der Waals surface area contributed by atoms with Gasteiger partial charge in [0, 0.05) is 38.4 Å². The molecule has 0 amide bonds.